The van der Waals surface area contributed by atoms with Gasteiger partial charge in [-0.25, -0.2) is 0 Å². The van der Waals surface area contributed by atoms with Crippen molar-refractivity contribution >= 4 is 11.8 Å². The molecule has 2 atom stereocenters. The predicted molar refractivity (Wildman–Crippen MR) is 134 cm³/mol. The molecule has 2 N–H and O–H groups in total. The fourth-order valence-electron chi connectivity index (χ4n) is 5.48. The van der Waals surface area contributed by atoms with Gasteiger partial charge in [0.25, 0.3) is 5.91 Å². The van der Waals surface area contributed by atoms with Crippen molar-refractivity contribution in [2.75, 3.05) is 26.2 Å². The van der Waals surface area contributed by atoms with E-state index in [1.165, 1.54) is 17.7 Å². The Kier molecular flexibility index (Phi) is 8.87. The number of halogens is 3. The molecule has 0 unspecified atom stereocenters. The lowest BCUT2D eigenvalue weighted by Gasteiger charge is -2.34. The van der Waals surface area contributed by atoms with Gasteiger partial charge in [0.15, 0.2) is 0 Å². The molecule has 37 heavy (non-hydrogen) atoms. The average molecular weight is 518 g/mol. The number of nitrogens with zero attached hydrogens (tertiary/aromatic N) is 1. The fraction of sp³-hybridized carbons (Fsp3) is 0.500. The SMILES string of the molecule is CCO[C@H]1CN(C2CCC(c3ccccc3)CC2)C[C@@H]1NC(=O)CNC(=O)c1cccc(C(F)(F)F)c1. The van der Waals surface area contributed by atoms with E-state index >= 15 is 0 Å². The third kappa shape index (κ3) is 7.11. The van der Waals surface area contributed by atoms with Crippen LogP contribution in [0, 0.1) is 0 Å². The third-order valence-corrected chi connectivity index (χ3v) is 7.37. The van der Waals surface area contributed by atoms with Gasteiger partial charge >= 0.3 is 6.18 Å². The number of carbonyl (C=O) groups excluding carboxylic acids is 2. The number of amides is 2. The predicted octanol–water partition coefficient (Wildman–Crippen LogP) is 4.37. The molecule has 4 rings (SSSR count). The van der Waals surface area contributed by atoms with E-state index in [-0.39, 0.29) is 24.3 Å². The summed E-state index contributed by atoms with van der Waals surface area (Å²) in [6, 6.07) is 15.0. The summed E-state index contributed by atoms with van der Waals surface area (Å²) in [4.78, 5) is 27.3. The summed E-state index contributed by atoms with van der Waals surface area (Å²) in [5.41, 5.74) is 0.341. The Labute approximate surface area is 215 Å². The first-order chi connectivity index (χ1) is 17.7. The molecule has 1 saturated carbocycles. The van der Waals surface area contributed by atoms with Crippen molar-refractivity contribution < 1.29 is 27.5 Å². The number of rotatable bonds is 8. The van der Waals surface area contributed by atoms with Gasteiger partial charge in [0, 0.05) is 31.3 Å². The standard InChI is InChI=1S/C28H34F3N3O3/c1-2-37-25-18-34(23-13-11-20(12-14-23)19-7-4-3-5-8-19)17-24(25)33-26(35)16-32-27(36)21-9-6-10-22(15-21)28(29,30)31/h3-10,15,20,23-25H,2,11-14,16-18H2,1H3,(H,32,36)(H,33,35)/t20?,23?,24-,25-/m0/s1. The van der Waals surface area contributed by atoms with Gasteiger partial charge in [-0.1, -0.05) is 36.4 Å². The molecule has 0 radical (unpaired) electrons. The maximum Gasteiger partial charge on any atom is 0.416 e. The Hall–Kier alpha value is -2.91. The summed E-state index contributed by atoms with van der Waals surface area (Å²) >= 11 is 0. The molecule has 2 aromatic rings. The number of nitrogens with one attached hydrogen (secondary N) is 2. The smallest absolute Gasteiger partial charge is 0.375 e. The van der Waals surface area contributed by atoms with Crippen molar-refractivity contribution in [3.05, 3.63) is 71.3 Å². The minimum Gasteiger partial charge on any atom is -0.375 e. The van der Waals surface area contributed by atoms with Crippen LogP contribution in [0.3, 0.4) is 0 Å². The van der Waals surface area contributed by atoms with Crippen molar-refractivity contribution in [3.8, 4) is 0 Å². The second kappa shape index (κ2) is 12.1. The number of hydrogen-bond acceptors (Lipinski definition) is 4. The lowest BCUT2D eigenvalue weighted by Crippen LogP contribution is -2.48. The fourth-order valence-corrected chi connectivity index (χ4v) is 5.48. The van der Waals surface area contributed by atoms with Gasteiger partial charge in [-0.15, -0.1) is 0 Å². The van der Waals surface area contributed by atoms with Gasteiger partial charge in [-0.3, -0.25) is 14.5 Å². The molecule has 2 amide bonds. The van der Waals surface area contributed by atoms with E-state index < -0.39 is 23.6 Å². The first-order valence-electron chi connectivity index (χ1n) is 12.9. The highest BCUT2D eigenvalue weighted by atomic mass is 19.4. The Balaban J connectivity index is 1.28. The van der Waals surface area contributed by atoms with E-state index in [0.717, 1.165) is 44.4 Å². The number of ether oxygens (including phenoxy) is 1. The van der Waals surface area contributed by atoms with Crippen LogP contribution in [0.25, 0.3) is 0 Å². The maximum absolute atomic E-state index is 12.9. The largest absolute Gasteiger partial charge is 0.416 e. The zero-order valence-electron chi connectivity index (χ0n) is 21.0. The molecule has 1 aliphatic heterocycles. The highest BCUT2D eigenvalue weighted by Gasteiger charge is 2.39. The van der Waals surface area contributed by atoms with Crippen molar-refractivity contribution in [1.29, 1.82) is 0 Å². The van der Waals surface area contributed by atoms with Crippen molar-refractivity contribution in [2.24, 2.45) is 0 Å². The molecule has 1 heterocycles. The number of hydrogen-bond donors (Lipinski definition) is 2. The number of alkyl halides is 3. The quantitative estimate of drug-likeness (QED) is 0.546. The minimum atomic E-state index is -4.54. The van der Waals surface area contributed by atoms with Gasteiger partial charge < -0.3 is 15.4 Å². The van der Waals surface area contributed by atoms with Crippen LogP contribution in [0.1, 0.15) is 60.0 Å². The molecular formula is C28H34F3N3O3. The molecule has 6 nitrogen and oxygen atoms in total. The van der Waals surface area contributed by atoms with Gasteiger partial charge in [-0.2, -0.15) is 13.2 Å². The molecule has 0 bridgehead atoms. The number of carbonyl (C=O) groups is 2. The van der Waals surface area contributed by atoms with Crippen LogP contribution < -0.4 is 10.6 Å². The summed E-state index contributed by atoms with van der Waals surface area (Å²) in [7, 11) is 0. The molecule has 2 aliphatic rings. The molecule has 2 fully saturated rings. The van der Waals surface area contributed by atoms with Crippen LogP contribution in [0.4, 0.5) is 13.2 Å². The summed E-state index contributed by atoms with van der Waals surface area (Å²) in [5.74, 6) is -0.547. The van der Waals surface area contributed by atoms with Crippen LogP contribution in [0.2, 0.25) is 0 Å². The molecular weight excluding hydrogens is 483 g/mol. The molecule has 0 spiro atoms. The van der Waals surface area contributed by atoms with Crippen molar-refractivity contribution in [1.82, 2.24) is 15.5 Å². The highest BCUT2D eigenvalue weighted by Crippen LogP contribution is 2.36. The minimum absolute atomic E-state index is 0.145. The highest BCUT2D eigenvalue weighted by molar-refractivity contribution is 5.96. The Morgan fingerprint density at radius 1 is 1.00 bits per heavy atom. The van der Waals surface area contributed by atoms with Crippen LogP contribution >= 0.6 is 0 Å². The second-order valence-electron chi connectivity index (χ2n) is 9.80. The molecule has 1 saturated heterocycles. The van der Waals surface area contributed by atoms with E-state index in [1.807, 2.05) is 13.0 Å². The zero-order chi connectivity index (χ0) is 26.4. The Morgan fingerprint density at radius 2 is 1.73 bits per heavy atom. The van der Waals surface area contributed by atoms with Crippen LogP contribution in [-0.2, 0) is 15.7 Å². The lowest BCUT2D eigenvalue weighted by molar-refractivity contribution is -0.137. The monoisotopic (exact) mass is 517 g/mol. The summed E-state index contributed by atoms with van der Waals surface area (Å²) in [6.07, 6.45) is -0.262. The maximum atomic E-state index is 12.9. The van der Waals surface area contributed by atoms with Gasteiger partial charge in [0.05, 0.1) is 24.3 Å². The topological polar surface area (TPSA) is 70.7 Å². The third-order valence-electron chi connectivity index (χ3n) is 7.37. The van der Waals surface area contributed by atoms with Gasteiger partial charge in [0.1, 0.15) is 0 Å². The zero-order valence-corrected chi connectivity index (χ0v) is 21.0. The average Bonchev–Trinajstić information content (AvgIpc) is 3.29. The van der Waals surface area contributed by atoms with E-state index in [1.54, 1.807) is 0 Å². The number of benzene rings is 2. The van der Waals surface area contributed by atoms with E-state index in [0.29, 0.717) is 25.1 Å². The van der Waals surface area contributed by atoms with Crippen LogP contribution in [0.15, 0.2) is 54.6 Å². The lowest BCUT2D eigenvalue weighted by atomic mass is 9.81. The first-order valence-corrected chi connectivity index (χ1v) is 12.9. The second-order valence-corrected chi connectivity index (χ2v) is 9.80. The summed E-state index contributed by atoms with van der Waals surface area (Å²) in [6.45, 7) is 3.51. The van der Waals surface area contributed by atoms with E-state index in [4.69, 9.17) is 4.74 Å². The van der Waals surface area contributed by atoms with Crippen LogP contribution in [-0.4, -0.2) is 61.1 Å². The molecule has 2 aromatic carbocycles. The normalized spacial score (nSPS) is 24.5. The van der Waals surface area contributed by atoms with Crippen molar-refractivity contribution in [3.63, 3.8) is 0 Å². The van der Waals surface area contributed by atoms with E-state index in [2.05, 4.69) is 39.8 Å². The van der Waals surface area contributed by atoms with Gasteiger partial charge in [-0.05, 0) is 62.3 Å². The summed E-state index contributed by atoms with van der Waals surface area (Å²) in [5, 5.41) is 5.38. The molecule has 0 aromatic heterocycles. The Morgan fingerprint density at radius 3 is 2.41 bits per heavy atom. The van der Waals surface area contributed by atoms with E-state index in [9.17, 15) is 22.8 Å². The molecule has 9 heteroatoms. The molecule has 1 aliphatic carbocycles. The summed E-state index contributed by atoms with van der Waals surface area (Å²) < 4.78 is 44.7. The number of likely N-dealkylation sites (tertiary alicyclic amines) is 1. The molecule has 200 valence electrons. The van der Waals surface area contributed by atoms with Gasteiger partial charge in [0.2, 0.25) is 5.91 Å². The Bertz CT molecular complexity index is 1060. The van der Waals surface area contributed by atoms with Crippen LogP contribution in [0.5, 0.6) is 0 Å². The first kappa shape index (κ1) is 27.1. The van der Waals surface area contributed by atoms with Crippen molar-refractivity contribution in [2.45, 2.75) is 62.9 Å².